The van der Waals surface area contributed by atoms with Crippen LogP contribution in [0.4, 0.5) is 4.39 Å². The Morgan fingerprint density at radius 2 is 2.04 bits per heavy atom. The molecule has 8 heteroatoms. The predicted octanol–water partition coefficient (Wildman–Crippen LogP) is 3.85. The molecular formula is C18H24Cl2FN3OS. The Morgan fingerprint density at radius 3 is 2.69 bits per heavy atom. The third kappa shape index (κ3) is 5.16. The van der Waals surface area contributed by atoms with E-state index < -0.39 is 0 Å². The molecule has 144 valence electrons. The van der Waals surface area contributed by atoms with Crippen molar-refractivity contribution in [3.63, 3.8) is 0 Å². The first-order valence-corrected chi connectivity index (χ1v) is 9.06. The largest absolute Gasteiger partial charge is 0.334 e. The maximum atomic E-state index is 13.0. The second kappa shape index (κ2) is 10.2. The molecule has 4 nitrogen and oxygen atoms in total. The van der Waals surface area contributed by atoms with Crippen LogP contribution in [0.3, 0.4) is 0 Å². The lowest BCUT2D eigenvalue weighted by Gasteiger charge is -2.24. The lowest BCUT2D eigenvalue weighted by atomic mass is 10.1. The van der Waals surface area contributed by atoms with Gasteiger partial charge in [-0.1, -0.05) is 12.1 Å². The summed E-state index contributed by atoms with van der Waals surface area (Å²) in [7, 11) is 1.92. The van der Waals surface area contributed by atoms with Crippen molar-refractivity contribution in [2.75, 3.05) is 20.1 Å². The van der Waals surface area contributed by atoms with Crippen molar-refractivity contribution in [2.45, 2.75) is 32.2 Å². The molecule has 1 aromatic carbocycles. The average Bonchev–Trinajstić information content (AvgIpc) is 3.16. The van der Waals surface area contributed by atoms with E-state index in [1.807, 2.05) is 18.9 Å². The molecule has 1 aliphatic rings. The number of aryl methyl sites for hydroxylation is 1. The van der Waals surface area contributed by atoms with Gasteiger partial charge in [0.25, 0.3) is 5.91 Å². The smallest absolute Gasteiger partial charge is 0.266 e. The Hall–Kier alpha value is -1.21. The fourth-order valence-corrected chi connectivity index (χ4v) is 4.24. The number of nitrogens with one attached hydrogen (secondary N) is 1. The summed E-state index contributed by atoms with van der Waals surface area (Å²) in [6.45, 7) is 3.53. The number of amides is 1. The van der Waals surface area contributed by atoms with E-state index in [2.05, 4.69) is 10.3 Å². The van der Waals surface area contributed by atoms with Gasteiger partial charge < -0.3 is 10.2 Å². The lowest BCUT2D eigenvalue weighted by molar-refractivity contribution is 0.0741. The molecule has 1 aromatic heterocycles. The van der Waals surface area contributed by atoms with Crippen LogP contribution < -0.4 is 5.32 Å². The van der Waals surface area contributed by atoms with Crippen molar-refractivity contribution in [2.24, 2.45) is 0 Å². The second-order valence-corrected chi connectivity index (χ2v) is 7.26. The van der Waals surface area contributed by atoms with Gasteiger partial charge in [-0.2, -0.15) is 0 Å². The summed E-state index contributed by atoms with van der Waals surface area (Å²) in [6.07, 6.45) is 2.73. The van der Waals surface area contributed by atoms with Crippen LogP contribution in [-0.2, 0) is 6.42 Å². The van der Waals surface area contributed by atoms with Crippen molar-refractivity contribution in [1.82, 2.24) is 15.2 Å². The molecule has 26 heavy (non-hydrogen) atoms. The zero-order valence-corrected chi connectivity index (χ0v) is 17.3. The number of aromatic nitrogens is 1. The number of likely N-dealkylation sites (N-methyl/N-ethyl adjacent to an activating group) is 1. The van der Waals surface area contributed by atoms with Gasteiger partial charge in [-0.15, -0.1) is 36.2 Å². The van der Waals surface area contributed by atoms with Gasteiger partial charge in [-0.05, 0) is 44.5 Å². The Kier molecular flexibility index (Phi) is 8.96. The molecule has 0 bridgehead atoms. The Bertz CT molecular complexity index is 724. The standard InChI is InChI=1S/C18H22FN3OS.2ClH/c1-12-17(18(23)22-9-3-4-15(22)11-20-2)24-16(21-12)10-13-5-7-14(19)8-6-13;;/h5-8,15,20H,3-4,9-11H2,1-2H3;2*1H. The number of rotatable bonds is 5. The Labute approximate surface area is 170 Å². The molecule has 1 unspecified atom stereocenters. The maximum absolute atomic E-state index is 13.0. The molecule has 1 amide bonds. The van der Waals surface area contributed by atoms with Gasteiger partial charge in [0.1, 0.15) is 10.7 Å². The summed E-state index contributed by atoms with van der Waals surface area (Å²) in [5, 5.41) is 4.06. The first-order valence-electron chi connectivity index (χ1n) is 8.25. The zero-order chi connectivity index (χ0) is 17.1. The third-order valence-electron chi connectivity index (χ3n) is 4.38. The highest BCUT2D eigenvalue weighted by atomic mass is 35.5. The lowest BCUT2D eigenvalue weighted by Crippen LogP contribution is -2.40. The molecule has 2 aromatic rings. The molecule has 1 fully saturated rings. The normalized spacial score (nSPS) is 16.1. The van der Waals surface area contributed by atoms with Crippen molar-refractivity contribution in [3.05, 3.63) is 51.2 Å². The summed E-state index contributed by atoms with van der Waals surface area (Å²) >= 11 is 1.46. The van der Waals surface area contributed by atoms with Crippen LogP contribution in [0.1, 0.15) is 38.8 Å². The minimum atomic E-state index is -0.241. The fourth-order valence-electron chi connectivity index (χ4n) is 3.18. The molecule has 2 heterocycles. The molecular weight excluding hydrogens is 396 g/mol. The van der Waals surface area contributed by atoms with Crippen molar-refractivity contribution in [3.8, 4) is 0 Å². The van der Waals surface area contributed by atoms with Crippen LogP contribution in [0, 0.1) is 12.7 Å². The molecule has 1 saturated heterocycles. The summed E-state index contributed by atoms with van der Waals surface area (Å²) < 4.78 is 13.0. The molecule has 0 aliphatic carbocycles. The average molecular weight is 420 g/mol. The highest BCUT2D eigenvalue weighted by molar-refractivity contribution is 7.13. The Morgan fingerprint density at radius 1 is 1.35 bits per heavy atom. The van der Waals surface area contributed by atoms with Gasteiger partial charge in [-0.3, -0.25) is 4.79 Å². The van der Waals surface area contributed by atoms with Crippen LogP contribution >= 0.6 is 36.2 Å². The van der Waals surface area contributed by atoms with Gasteiger partial charge in [0.2, 0.25) is 0 Å². The second-order valence-electron chi connectivity index (χ2n) is 6.18. The van der Waals surface area contributed by atoms with Crippen molar-refractivity contribution in [1.29, 1.82) is 0 Å². The first-order chi connectivity index (χ1) is 11.6. The SMILES string of the molecule is CNCC1CCCN1C(=O)c1sc(Cc2ccc(F)cc2)nc1C.Cl.Cl. The van der Waals surface area contributed by atoms with Gasteiger partial charge in [0.15, 0.2) is 0 Å². The zero-order valence-electron chi connectivity index (χ0n) is 14.8. The Balaban J connectivity index is 0.00000169. The van der Waals surface area contributed by atoms with Gasteiger partial charge in [0, 0.05) is 25.6 Å². The maximum Gasteiger partial charge on any atom is 0.266 e. The highest BCUT2D eigenvalue weighted by Crippen LogP contribution is 2.26. The fraction of sp³-hybridized carbons (Fsp3) is 0.444. The number of carbonyl (C=O) groups is 1. The summed E-state index contributed by atoms with van der Waals surface area (Å²) in [4.78, 5) is 20.1. The van der Waals surface area contributed by atoms with Crippen LogP contribution in [0.5, 0.6) is 0 Å². The van der Waals surface area contributed by atoms with E-state index in [1.165, 1.54) is 23.5 Å². The summed E-state index contributed by atoms with van der Waals surface area (Å²) in [6, 6.07) is 6.70. The van der Waals surface area contributed by atoms with E-state index >= 15 is 0 Å². The minimum absolute atomic E-state index is 0. The van der Waals surface area contributed by atoms with Gasteiger partial charge >= 0.3 is 0 Å². The van der Waals surface area contributed by atoms with Crippen LogP contribution in [0.15, 0.2) is 24.3 Å². The summed E-state index contributed by atoms with van der Waals surface area (Å²) in [5.41, 5.74) is 1.79. The highest BCUT2D eigenvalue weighted by Gasteiger charge is 2.31. The molecule has 1 atom stereocenters. The first kappa shape index (κ1) is 22.8. The van der Waals surface area contributed by atoms with E-state index in [0.29, 0.717) is 6.42 Å². The minimum Gasteiger partial charge on any atom is -0.334 e. The summed E-state index contributed by atoms with van der Waals surface area (Å²) in [5.74, 6) is -0.150. The molecule has 1 N–H and O–H groups in total. The van der Waals surface area contributed by atoms with Crippen molar-refractivity contribution >= 4 is 42.1 Å². The van der Waals surface area contributed by atoms with Crippen LogP contribution in [0.25, 0.3) is 0 Å². The molecule has 0 spiro atoms. The van der Waals surface area contributed by atoms with E-state index in [4.69, 9.17) is 0 Å². The number of thiazole rings is 1. The van der Waals surface area contributed by atoms with Gasteiger partial charge in [-0.25, -0.2) is 9.37 Å². The third-order valence-corrected chi connectivity index (χ3v) is 5.53. The number of hydrogen-bond acceptors (Lipinski definition) is 4. The van der Waals surface area contributed by atoms with E-state index in [0.717, 1.165) is 47.1 Å². The van der Waals surface area contributed by atoms with Crippen molar-refractivity contribution < 1.29 is 9.18 Å². The van der Waals surface area contributed by atoms with E-state index in [-0.39, 0.29) is 42.6 Å². The van der Waals surface area contributed by atoms with Crippen LogP contribution in [-0.4, -0.2) is 42.0 Å². The molecule has 0 radical (unpaired) electrons. The van der Waals surface area contributed by atoms with E-state index in [9.17, 15) is 9.18 Å². The number of carbonyl (C=O) groups excluding carboxylic acids is 1. The monoisotopic (exact) mass is 419 g/mol. The molecule has 3 rings (SSSR count). The van der Waals surface area contributed by atoms with E-state index in [1.54, 1.807) is 12.1 Å². The van der Waals surface area contributed by atoms with Gasteiger partial charge in [0.05, 0.1) is 10.7 Å². The number of halogens is 3. The molecule has 1 aliphatic heterocycles. The number of benzene rings is 1. The quantitative estimate of drug-likeness (QED) is 0.800. The number of hydrogen-bond donors (Lipinski definition) is 1. The topological polar surface area (TPSA) is 45.2 Å². The number of nitrogens with zero attached hydrogens (tertiary/aromatic N) is 2. The molecule has 0 saturated carbocycles. The number of likely N-dealkylation sites (tertiary alicyclic amines) is 1. The predicted molar refractivity (Wildman–Crippen MR) is 109 cm³/mol. The van der Waals surface area contributed by atoms with Crippen LogP contribution in [0.2, 0.25) is 0 Å².